The molecule has 7 nitrogen and oxygen atoms in total. The molecule has 0 aliphatic rings. The highest BCUT2D eigenvalue weighted by Gasteiger charge is 2.19. The quantitative estimate of drug-likeness (QED) is 0.289. The number of nitrogens with one attached hydrogen (secondary N) is 2. The van der Waals surface area contributed by atoms with E-state index in [0.29, 0.717) is 22.4 Å². The van der Waals surface area contributed by atoms with E-state index in [9.17, 15) is 19.3 Å². The van der Waals surface area contributed by atoms with Gasteiger partial charge in [0, 0.05) is 28.6 Å². The summed E-state index contributed by atoms with van der Waals surface area (Å²) >= 11 is 0. The molecule has 0 radical (unpaired) electrons. The number of nitro benzene ring substituents is 1. The molecule has 4 aromatic rings. The summed E-state index contributed by atoms with van der Waals surface area (Å²) in [4.78, 5) is 26.1. The van der Waals surface area contributed by atoms with Crippen molar-refractivity contribution >= 4 is 28.7 Å². The number of fused-ring (bicyclic) bond motifs is 1. The number of hydrazone groups is 1. The van der Waals surface area contributed by atoms with Crippen molar-refractivity contribution < 1.29 is 14.1 Å². The Kier molecular flexibility index (Phi) is 5.04. The second kappa shape index (κ2) is 7.96. The number of nitro groups is 1. The van der Waals surface area contributed by atoms with Gasteiger partial charge in [0.15, 0.2) is 0 Å². The van der Waals surface area contributed by atoms with Crippen LogP contribution in [-0.4, -0.2) is 22.0 Å². The number of carbonyl (C=O) groups excluding carboxylic acids is 1. The van der Waals surface area contributed by atoms with Crippen LogP contribution in [0.15, 0.2) is 77.9 Å². The fraction of sp³-hybridized carbons (Fsp3) is 0. The number of para-hydroxylation sites is 1. The van der Waals surface area contributed by atoms with E-state index in [2.05, 4.69) is 15.5 Å². The summed E-state index contributed by atoms with van der Waals surface area (Å²) in [5.74, 6) is -0.832. The highest BCUT2D eigenvalue weighted by Crippen LogP contribution is 2.32. The number of halogens is 1. The molecule has 0 atom stereocenters. The van der Waals surface area contributed by atoms with Gasteiger partial charge < -0.3 is 4.98 Å². The number of non-ortho nitro benzene ring substituents is 1. The van der Waals surface area contributed by atoms with Gasteiger partial charge in [-0.25, -0.2) is 9.82 Å². The Hall–Kier alpha value is -4.33. The highest BCUT2D eigenvalue weighted by atomic mass is 19.1. The molecule has 1 heterocycles. The van der Waals surface area contributed by atoms with Crippen LogP contribution in [0.5, 0.6) is 0 Å². The molecule has 0 saturated heterocycles. The number of aromatic nitrogens is 1. The van der Waals surface area contributed by atoms with Crippen LogP contribution in [-0.2, 0) is 0 Å². The van der Waals surface area contributed by atoms with Gasteiger partial charge in [-0.1, -0.05) is 30.3 Å². The van der Waals surface area contributed by atoms with Gasteiger partial charge >= 0.3 is 0 Å². The van der Waals surface area contributed by atoms with Gasteiger partial charge in [0.25, 0.3) is 11.6 Å². The van der Waals surface area contributed by atoms with E-state index in [1.165, 1.54) is 42.6 Å². The molecule has 8 heteroatoms. The van der Waals surface area contributed by atoms with Crippen molar-refractivity contribution in [3.8, 4) is 11.1 Å². The largest absolute Gasteiger partial charge is 0.350 e. The van der Waals surface area contributed by atoms with Crippen LogP contribution in [0.1, 0.15) is 16.1 Å². The van der Waals surface area contributed by atoms with Crippen molar-refractivity contribution in [2.45, 2.75) is 0 Å². The Morgan fingerprint density at radius 3 is 2.43 bits per heavy atom. The number of aromatic amines is 1. The van der Waals surface area contributed by atoms with Gasteiger partial charge in [-0.15, -0.1) is 0 Å². The number of H-pyrrole nitrogens is 1. The van der Waals surface area contributed by atoms with E-state index in [1.54, 1.807) is 12.1 Å². The summed E-state index contributed by atoms with van der Waals surface area (Å²) in [7, 11) is 0. The molecule has 1 amide bonds. The maximum absolute atomic E-state index is 13.4. The molecule has 0 fully saturated rings. The molecule has 0 aliphatic heterocycles. The minimum absolute atomic E-state index is 0.0294. The lowest BCUT2D eigenvalue weighted by Gasteiger charge is -2.04. The van der Waals surface area contributed by atoms with Crippen molar-refractivity contribution in [1.29, 1.82) is 0 Å². The Morgan fingerprint density at radius 1 is 1.03 bits per heavy atom. The molecule has 0 unspecified atom stereocenters. The predicted molar refractivity (Wildman–Crippen MR) is 112 cm³/mol. The minimum atomic E-state index is -0.490. The summed E-state index contributed by atoms with van der Waals surface area (Å²) in [6.45, 7) is 0. The van der Waals surface area contributed by atoms with Crippen LogP contribution >= 0.6 is 0 Å². The molecule has 0 bridgehead atoms. The van der Waals surface area contributed by atoms with Gasteiger partial charge in [-0.2, -0.15) is 5.10 Å². The molecule has 4 rings (SSSR count). The van der Waals surface area contributed by atoms with Crippen LogP contribution < -0.4 is 5.43 Å². The Morgan fingerprint density at radius 2 is 1.73 bits per heavy atom. The average molecular weight is 402 g/mol. The first kappa shape index (κ1) is 19.0. The zero-order valence-corrected chi connectivity index (χ0v) is 15.5. The van der Waals surface area contributed by atoms with Crippen molar-refractivity contribution in [2.24, 2.45) is 5.10 Å². The van der Waals surface area contributed by atoms with E-state index in [-0.39, 0.29) is 11.5 Å². The molecule has 2 N–H and O–H groups in total. The number of benzene rings is 3. The van der Waals surface area contributed by atoms with Crippen molar-refractivity contribution in [2.75, 3.05) is 0 Å². The summed E-state index contributed by atoms with van der Waals surface area (Å²) in [6, 6.07) is 19.1. The maximum Gasteiger partial charge on any atom is 0.288 e. The van der Waals surface area contributed by atoms with E-state index in [1.807, 2.05) is 24.3 Å². The maximum atomic E-state index is 13.4. The third-order valence-corrected chi connectivity index (χ3v) is 4.55. The number of hydrogen-bond acceptors (Lipinski definition) is 4. The van der Waals surface area contributed by atoms with Gasteiger partial charge in [0.1, 0.15) is 11.5 Å². The second-order valence-electron chi connectivity index (χ2n) is 6.48. The van der Waals surface area contributed by atoms with Crippen molar-refractivity contribution in [3.05, 3.63) is 100.0 Å². The number of carbonyl (C=O) groups is 1. The number of hydrogen-bond donors (Lipinski definition) is 2. The molecule has 30 heavy (non-hydrogen) atoms. The van der Waals surface area contributed by atoms with Crippen LogP contribution in [0.4, 0.5) is 10.1 Å². The lowest BCUT2D eigenvalue weighted by molar-refractivity contribution is -0.384. The average Bonchev–Trinajstić information content (AvgIpc) is 3.14. The van der Waals surface area contributed by atoms with Crippen LogP contribution in [0, 0.1) is 15.9 Å². The monoisotopic (exact) mass is 402 g/mol. The Labute approximate surface area is 170 Å². The highest BCUT2D eigenvalue weighted by molar-refractivity contribution is 6.09. The van der Waals surface area contributed by atoms with E-state index < -0.39 is 10.8 Å². The second-order valence-corrected chi connectivity index (χ2v) is 6.48. The molecule has 0 spiro atoms. The Balaban J connectivity index is 1.62. The summed E-state index contributed by atoms with van der Waals surface area (Å²) in [5.41, 5.74) is 5.42. The number of amides is 1. The normalized spacial score (nSPS) is 11.1. The molecule has 0 aliphatic carbocycles. The summed E-state index contributed by atoms with van der Waals surface area (Å²) < 4.78 is 13.4. The standard InChI is InChI=1S/C22H15FN4O3/c23-16-9-7-15(8-10-16)20-18-3-1-2-4-19(18)25-21(20)22(28)26-24-13-14-5-11-17(12-6-14)27(29)30/h1-13,25H,(H,26,28). The summed E-state index contributed by atoms with van der Waals surface area (Å²) in [5, 5.41) is 15.5. The van der Waals surface area contributed by atoms with E-state index in [0.717, 1.165) is 10.9 Å². The molecular weight excluding hydrogens is 387 g/mol. The third-order valence-electron chi connectivity index (χ3n) is 4.55. The fourth-order valence-electron chi connectivity index (χ4n) is 3.13. The number of nitrogens with zero attached hydrogens (tertiary/aromatic N) is 2. The molecular formula is C22H15FN4O3. The van der Waals surface area contributed by atoms with Crippen LogP contribution in [0.3, 0.4) is 0 Å². The SMILES string of the molecule is O=C(NN=Cc1ccc([N+](=O)[O-])cc1)c1[nH]c2ccccc2c1-c1ccc(F)cc1. The molecule has 1 aromatic heterocycles. The minimum Gasteiger partial charge on any atom is -0.350 e. The third kappa shape index (κ3) is 3.79. The lowest BCUT2D eigenvalue weighted by atomic mass is 10.0. The topological polar surface area (TPSA) is 100 Å². The number of rotatable bonds is 5. The van der Waals surface area contributed by atoms with Gasteiger partial charge in [0.05, 0.1) is 11.1 Å². The zero-order valence-electron chi connectivity index (χ0n) is 15.5. The van der Waals surface area contributed by atoms with E-state index >= 15 is 0 Å². The first-order chi connectivity index (χ1) is 14.5. The predicted octanol–water partition coefficient (Wildman–Crippen LogP) is 4.65. The first-order valence-corrected chi connectivity index (χ1v) is 8.97. The van der Waals surface area contributed by atoms with Crippen molar-refractivity contribution in [3.63, 3.8) is 0 Å². The lowest BCUT2D eigenvalue weighted by Crippen LogP contribution is -2.18. The van der Waals surface area contributed by atoms with Gasteiger partial charge in [0.2, 0.25) is 0 Å². The smallest absolute Gasteiger partial charge is 0.288 e. The van der Waals surface area contributed by atoms with E-state index in [4.69, 9.17) is 0 Å². The molecule has 3 aromatic carbocycles. The molecule has 0 saturated carbocycles. The zero-order chi connectivity index (χ0) is 21.1. The first-order valence-electron chi connectivity index (χ1n) is 8.97. The van der Waals surface area contributed by atoms with Crippen LogP contribution in [0.25, 0.3) is 22.0 Å². The summed E-state index contributed by atoms with van der Waals surface area (Å²) in [6.07, 6.45) is 1.39. The van der Waals surface area contributed by atoms with Crippen LogP contribution in [0.2, 0.25) is 0 Å². The Bertz CT molecular complexity index is 1260. The fourth-order valence-corrected chi connectivity index (χ4v) is 3.13. The van der Waals surface area contributed by atoms with Gasteiger partial charge in [-0.05, 0) is 41.5 Å². The molecule has 148 valence electrons. The van der Waals surface area contributed by atoms with Gasteiger partial charge in [-0.3, -0.25) is 14.9 Å². The van der Waals surface area contributed by atoms with Crippen molar-refractivity contribution in [1.82, 2.24) is 10.4 Å².